The molecule has 0 atom stereocenters. The van der Waals surface area contributed by atoms with Crippen molar-refractivity contribution in [3.63, 3.8) is 0 Å². The van der Waals surface area contributed by atoms with Crippen molar-refractivity contribution in [2.24, 2.45) is 0 Å². The van der Waals surface area contributed by atoms with Crippen molar-refractivity contribution in [3.05, 3.63) is 50.1 Å². The van der Waals surface area contributed by atoms with Crippen molar-refractivity contribution in [1.29, 1.82) is 0 Å². The van der Waals surface area contributed by atoms with Gasteiger partial charge in [-0.15, -0.1) is 11.3 Å². The van der Waals surface area contributed by atoms with Crippen molar-refractivity contribution in [3.8, 4) is 0 Å². The molecule has 1 aromatic heterocycles. The molecule has 0 unspecified atom stereocenters. The number of hydrogen-bond acceptors (Lipinski definition) is 3. The average molecular weight is 351 g/mol. The van der Waals surface area contributed by atoms with Crippen LogP contribution in [0.3, 0.4) is 0 Å². The molecule has 0 aliphatic carbocycles. The average Bonchev–Trinajstić information content (AvgIpc) is 2.99. The van der Waals surface area contributed by atoms with E-state index in [1.165, 1.54) is 0 Å². The van der Waals surface area contributed by atoms with Crippen LogP contribution in [0, 0.1) is 0 Å². The number of halogens is 1. The summed E-state index contributed by atoms with van der Waals surface area (Å²) in [4.78, 5) is 24.4. The van der Waals surface area contributed by atoms with Crippen LogP contribution in [0.15, 0.2) is 34.1 Å². The zero-order valence-electron chi connectivity index (χ0n) is 10.4. The summed E-state index contributed by atoms with van der Waals surface area (Å²) in [7, 11) is 0. The van der Waals surface area contributed by atoms with E-state index in [2.05, 4.69) is 26.6 Å². The number of rotatable bonds is 3. The Kier molecular flexibility index (Phi) is 3.58. The molecule has 1 aliphatic rings. The Morgan fingerprint density at radius 1 is 1.40 bits per heavy atom. The number of fused-ring (bicyclic) bond motifs is 1. The molecule has 1 aromatic carbocycles. The van der Waals surface area contributed by atoms with E-state index in [0.29, 0.717) is 18.5 Å². The van der Waals surface area contributed by atoms with E-state index >= 15 is 0 Å². The summed E-state index contributed by atoms with van der Waals surface area (Å²) >= 11 is 4.97. The Hall–Kier alpha value is -1.66. The van der Waals surface area contributed by atoms with Crippen molar-refractivity contribution in [2.45, 2.75) is 13.0 Å². The summed E-state index contributed by atoms with van der Waals surface area (Å²) < 4.78 is 1.02. The molecular formula is C14H11BrN2O2S. The van der Waals surface area contributed by atoms with E-state index < -0.39 is 0 Å². The van der Waals surface area contributed by atoms with Crippen LogP contribution in [0.25, 0.3) is 0 Å². The highest BCUT2D eigenvalue weighted by Gasteiger charge is 2.18. The molecule has 102 valence electrons. The summed E-state index contributed by atoms with van der Waals surface area (Å²) in [6.07, 6.45) is 0.389. The first-order valence-corrected chi connectivity index (χ1v) is 7.73. The van der Waals surface area contributed by atoms with Crippen LogP contribution in [-0.2, 0) is 17.8 Å². The Bertz CT molecular complexity index is 696. The lowest BCUT2D eigenvalue weighted by Gasteiger charge is -2.05. The van der Waals surface area contributed by atoms with Crippen LogP contribution >= 0.6 is 27.3 Å². The maximum Gasteiger partial charge on any atom is 0.251 e. The lowest BCUT2D eigenvalue weighted by atomic mass is 10.1. The number of carbonyl (C=O) groups is 2. The van der Waals surface area contributed by atoms with Crippen LogP contribution in [0.2, 0.25) is 0 Å². The predicted octanol–water partition coefficient (Wildman–Crippen LogP) is 2.94. The normalized spacial score (nSPS) is 12.9. The minimum atomic E-state index is -0.140. The Balaban J connectivity index is 1.69. The summed E-state index contributed by atoms with van der Waals surface area (Å²) in [5, 5.41) is 7.59. The molecule has 20 heavy (non-hydrogen) atoms. The third-order valence-corrected chi connectivity index (χ3v) is 4.74. The van der Waals surface area contributed by atoms with Gasteiger partial charge in [0, 0.05) is 26.0 Å². The lowest BCUT2D eigenvalue weighted by Crippen LogP contribution is -2.22. The van der Waals surface area contributed by atoms with Crippen LogP contribution in [0.1, 0.15) is 20.8 Å². The first-order valence-electron chi connectivity index (χ1n) is 6.06. The first kappa shape index (κ1) is 13.3. The second-order valence-corrected chi connectivity index (χ2v) is 6.42. The molecule has 1 aliphatic heterocycles. The highest BCUT2D eigenvalue weighted by molar-refractivity contribution is 9.10. The van der Waals surface area contributed by atoms with Gasteiger partial charge in [-0.25, -0.2) is 0 Å². The van der Waals surface area contributed by atoms with Gasteiger partial charge in [0.2, 0.25) is 5.91 Å². The molecule has 2 heterocycles. The van der Waals surface area contributed by atoms with Gasteiger partial charge in [0.1, 0.15) is 0 Å². The van der Waals surface area contributed by atoms with Crippen molar-refractivity contribution in [1.82, 2.24) is 5.32 Å². The quantitative estimate of drug-likeness (QED) is 0.893. The highest BCUT2D eigenvalue weighted by Crippen LogP contribution is 2.24. The maximum absolute atomic E-state index is 12.1. The summed E-state index contributed by atoms with van der Waals surface area (Å²) in [5.74, 6) is -0.167. The molecule has 2 N–H and O–H groups in total. The molecule has 0 fully saturated rings. The second kappa shape index (κ2) is 5.38. The predicted molar refractivity (Wildman–Crippen MR) is 82.0 cm³/mol. The van der Waals surface area contributed by atoms with Crippen molar-refractivity contribution in [2.75, 3.05) is 5.32 Å². The van der Waals surface area contributed by atoms with Gasteiger partial charge in [-0.3, -0.25) is 9.59 Å². The molecule has 2 amide bonds. The molecular weight excluding hydrogens is 340 g/mol. The largest absolute Gasteiger partial charge is 0.347 e. The smallest absolute Gasteiger partial charge is 0.251 e. The van der Waals surface area contributed by atoms with E-state index in [4.69, 9.17) is 0 Å². The van der Waals surface area contributed by atoms with Gasteiger partial charge < -0.3 is 10.6 Å². The van der Waals surface area contributed by atoms with Crippen LogP contribution < -0.4 is 10.6 Å². The molecule has 2 aromatic rings. The summed E-state index contributed by atoms with van der Waals surface area (Å²) in [5.41, 5.74) is 2.23. The van der Waals surface area contributed by atoms with Gasteiger partial charge in [-0.2, -0.15) is 0 Å². The topological polar surface area (TPSA) is 58.2 Å². The van der Waals surface area contributed by atoms with Gasteiger partial charge in [0.15, 0.2) is 0 Å². The molecule has 0 saturated heterocycles. The third-order valence-electron chi connectivity index (χ3n) is 3.04. The number of hydrogen-bond donors (Lipinski definition) is 2. The van der Waals surface area contributed by atoms with E-state index in [-0.39, 0.29) is 11.8 Å². The number of nitrogens with one attached hydrogen (secondary N) is 2. The highest BCUT2D eigenvalue weighted by atomic mass is 79.9. The molecule has 0 saturated carbocycles. The maximum atomic E-state index is 12.1. The van der Waals surface area contributed by atoms with E-state index in [0.717, 1.165) is 20.6 Å². The second-order valence-electron chi connectivity index (χ2n) is 4.51. The van der Waals surface area contributed by atoms with E-state index in [9.17, 15) is 9.59 Å². The van der Waals surface area contributed by atoms with Gasteiger partial charge in [0.25, 0.3) is 5.91 Å². The fourth-order valence-electron chi connectivity index (χ4n) is 2.07. The fourth-order valence-corrected chi connectivity index (χ4v) is 3.46. The zero-order valence-corrected chi connectivity index (χ0v) is 12.8. The molecule has 3 rings (SSSR count). The third kappa shape index (κ3) is 2.76. The van der Waals surface area contributed by atoms with Crippen molar-refractivity contribution >= 4 is 44.8 Å². The molecule has 0 bridgehead atoms. The monoisotopic (exact) mass is 350 g/mol. The summed E-state index contributed by atoms with van der Waals surface area (Å²) in [6, 6.07) is 7.27. The van der Waals surface area contributed by atoms with Crippen LogP contribution in [0.5, 0.6) is 0 Å². The molecule has 6 heteroatoms. The van der Waals surface area contributed by atoms with Gasteiger partial charge in [0.05, 0.1) is 13.0 Å². The molecule has 4 nitrogen and oxygen atoms in total. The fraction of sp³-hybridized carbons (Fsp3) is 0.143. The Morgan fingerprint density at radius 2 is 2.25 bits per heavy atom. The van der Waals surface area contributed by atoms with E-state index in [1.54, 1.807) is 23.5 Å². The van der Waals surface area contributed by atoms with Crippen LogP contribution in [0.4, 0.5) is 5.69 Å². The van der Waals surface area contributed by atoms with Gasteiger partial charge in [-0.05, 0) is 39.7 Å². The van der Waals surface area contributed by atoms with E-state index in [1.807, 2.05) is 17.5 Å². The lowest BCUT2D eigenvalue weighted by molar-refractivity contribution is -0.115. The minimum Gasteiger partial charge on any atom is -0.347 e. The van der Waals surface area contributed by atoms with Crippen molar-refractivity contribution < 1.29 is 9.59 Å². The molecule has 0 radical (unpaired) electrons. The number of benzene rings is 1. The standard InChI is InChI=1S/C14H11BrN2O2S/c15-10-5-11(20-7-10)6-16-14(19)9-2-1-8-4-13(18)17-12(8)3-9/h1-3,5,7H,4,6H2,(H,16,19)(H,17,18). The number of anilines is 1. The van der Waals surface area contributed by atoms with Gasteiger partial charge in [-0.1, -0.05) is 6.07 Å². The first-order chi connectivity index (χ1) is 9.61. The Morgan fingerprint density at radius 3 is 3.00 bits per heavy atom. The minimum absolute atomic E-state index is 0.0269. The Labute approximate surface area is 128 Å². The summed E-state index contributed by atoms with van der Waals surface area (Å²) in [6.45, 7) is 0.499. The number of amides is 2. The van der Waals surface area contributed by atoms with Gasteiger partial charge >= 0.3 is 0 Å². The SMILES string of the molecule is O=C1Cc2ccc(C(=O)NCc3cc(Br)cs3)cc2N1. The zero-order chi connectivity index (χ0) is 14.1. The van der Waals surface area contributed by atoms with Crippen LogP contribution in [-0.4, -0.2) is 11.8 Å². The number of carbonyl (C=O) groups excluding carboxylic acids is 2. The molecule has 0 spiro atoms. The number of thiophene rings is 1.